The Kier molecular flexibility index (Phi) is 6.35. The third-order valence-electron chi connectivity index (χ3n) is 3.81. The number of hydrazone groups is 1. The van der Waals surface area contributed by atoms with Crippen molar-refractivity contribution in [2.24, 2.45) is 5.10 Å². The predicted molar refractivity (Wildman–Crippen MR) is 112 cm³/mol. The highest BCUT2D eigenvalue weighted by molar-refractivity contribution is 5.80. The number of benzene rings is 2. The van der Waals surface area contributed by atoms with E-state index in [1.165, 1.54) is 0 Å². The topological polar surface area (TPSA) is 87.6 Å². The number of aromatic nitrogens is 3. The van der Waals surface area contributed by atoms with Crippen molar-refractivity contribution in [1.29, 1.82) is 0 Å². The minimum Gasteiger partial charge on any atom is -0.497 e. The van der Waals surface area contributed by atoms with E-state index in [0.717, 1.165) is 16.9 Å². The van der Waals surface area contributed by atoms with Gasteiger partial charge in [-0.25, -0.2) is 5.43 Å². The summed E-state index contributed by atoms with van der Waals surface area (Å²) in [6.07, 6.45) is 1.69. The minimum atomic E-state index is 0.360. The molecule has 3 aromatic rings. The molecule has 144 valence electrons. The maximum atomic E-state index is 5.15. The van der Waals surface area contributed by atoms with E-state index in [1.54, 1.807) is 13.3 Å². The van der Waals surface area contributed by atoms with E-state index in [4.69, 9.17) is 4.74 Å². The monoisotopic (exact) mass is 377 g/mol. The van der Waals surface area contributed by atoms with Gasteiger partial charge >= 0.3 is 0 Å². The number of hydrogen-bond donors (Lipinski definition) is 2. The first-order valence-electron chi connectivity index (χ1n) is 8.78. The molecule has 0 radical (unpaired) electrons. The molecule has 0 saturated heterocycles. The summed E-state index contributed by atoms with van der Waals surface area (Å²) in [5, 5.41) is 7.44. The summed E-state index contributed by atoms with van der Waals surface area (Å²) in [7, 11) is 5.39. The van der Waals surface area contributed by atoms with Crippen LogP contribution in [0.5, 0.6) is 5.75 Å². The van der Waals surface area contributed by atoms with Gasteiger partial charge in [0, 0.05) is 20.6 Å². The second-order valence-corrected chi connectivity index (χ2v) is 6.16. The number of hydrogen-bond acceptors (Lipinski definition) is 8. The number of nitrogens with zero attached hydrogens (tertiary/aromatic N) is 5. The lowest BCUT2D eigenvalue weighted by Crippen LogP contribution is -2.16. The van der Waals surface area contributed by atoms with Crippen LogP contribution in [0.3, 0.4) is 0 Å². The smallest absolute Gasteiger partial charge is 0.250 e. The number of nitrogens with one attached hydrogen (secondary N) is 2. The molecule has 28 heavy (non-hydrogen) atoms. The maximum absolute atomic E-state index is 5.15. The zero-order chi connectivity index (χ0) is 19.8. The van der Waals surface area contributed by atoms with Crippen LogP contribution in [0.15, 0.2) is 59.7 Å². The molecule has 0 spiro atoms. The molecular formula is C20H23N7O. The third kappa shape index (κ3) is 5.41. The normalized spacial score (nSPS) is 10.7. The second-order valence-electron chi connectivity index (χ2n) is 6.16. The molecule has 0 saturated carbocycles. The summed E-state index contributed by atoms with van der Waals surface area (Å²) >= 11 is 0. The van der Waals surface area contributed by atoms with Crippen molar-refractivity contribution in [2.45, 2.75) is 6.54 Å². The Balaban J connectivity index is 1.70. The highest BCUT2D eigenvalue weighted by atomic mass is 16.5. The van der Waals surface area contributed by atoms with Gasteiger partial charge in [0.2, 0.25) is 17.8 Å². The van der Waals surface area contributed by atoms with E-state index in [0.29, 0.717) is 24.4 Å². The van der Waals surface area contributed by atoms with Crippen molar-refractivity contribution in [2.75, 3.05) is 36.8 Å². The van der Waals surface area contributed by atoms with E-state index >= 15 is 0 Å². The number of ether oxygens (including phenoxy) is 1. The molecule has 8 nitrogen and oxygen atoms in total. The van der Waals surface area contributed by atoms with E-state index < -0.39 is 0 Å². The summed E-state index contributed by atoms with van der Waals surface area (Å²) in [5.41, 5.74) is 4.93. The van der Waals surface area contributed by atoms with Gasteiger partial charge in [-0.2, -0.15) is 20.1 Å². The fraction of sp³-hybridized carbons (Fsp3) is 0.200. The predicted octanol–water partition coefficient (Wildman–Crippen LogP) is 3.00. The van der Waals surface area contributed by atoms with Gasteiger partial charge in [0.05, 0.1) is 13.3 Å². The SMILES string of the molecule is COc1ccc(/C=N/Nc2nc(NCc3ccccc3)nc(N(C)C)n2)cc1. The molecule has 0 unspecified atom stereocenters. The lowest BCUT2D eigenvalue weighted by Gasteiger charge is -2.13. The lowest BCUT2D eigenvalue weighted by molar-refractivity contribution is 0.415. The van der Waals surface area contributed by atoms with Crippen LogP contribution in [0.1, 0.15) is 11.1 Å². The van der Waals surface area contributed by atoms with Gasteiger partial charge in [-0.3, -0.25) is 0 Å². The molecule has 0 amide bonds. The summed E-state index contributed by atoms with van der Waals surface area (Å²) in [4.78, 5) is 15.0. The highest BCUT2D eigenvalue weighted by Crippen LogP contribution is 2.13. The molecular weight excluding hydrogens is 354 g/mol. The first-order valence-corrected chi connectivity index (χ1v) is 8.78. The Hall–Kier alpha value is -3.68. The van der Waals surface area contributed by atoms with Crippen LogP contribution in [-0.4, -0.2) is 42.4 Å². The molecule has 1 aromatic heterocycles. The first kappa shape index (κ1) is 19.1. The number of anilines is 3. The summed E-state index contributed by atoms with van der Waals surface area (Å²) in [6, 6.07) is 17.6. The van der Waals surface area contributed by atoms with E-state index in [1.807, 2.05) is 73.6 Å². The van der Waals surface area contributed by atoms with Crippen molar-refractivity contribution in [3.05, 3.63) is 65.7 Å². The Labute approximate surface area is 164 Å². The largest absolute Gasteiger partial charge is 0.497 e. The zero-order valence-electron chi connectivity index (χ0n) is 16.1. The van der Waals surface area contributed by atoms with Crippen LogP contribution >= 0.6 is 0 Å². The fourth-order valence-electron chi connectivity index (χ4n) is 2.33. The summed E-state index contributed by atoms with van der Waals surface area (Å²) < 4.78 is 5.15. The summed E-state index contributed by atoms with van der Waals surface area (Å²) in [5.74, 6) is 2.17. The number of methoxy groups -OCH3 is 1. The molecule has 0 fully saturated rings. The molecule has 0 aliphatic rings. The van der Waals surface area contributed by atoms with Crippen molar-refractivity contribution >= 4 is 24.1 Å². The van der Waals surface area contributed by atoms with Gasteiger partial charge in [-0.1, -0.05) is 30.3 Å². The van der Waals surface area contributed by atoms with E-state index in [-0.39, 0.29) is 0 Å². The first-order chi connectivity index (χ1) is 13.6. The van der Waals surface area contributed by atoms with Crippen molar-refractivity contribution in [3.8, 4) is 5.75 Å². The second kappa shape index (κ2) is 9.31. The average Bonchev–Trinajstić information content (AvgIpc) is 2.73. The molecule has 2 aromatic carbocycles. The van der Waals surface area contributed by atoms with Crippen LogP contribution in [0.2, 0.25) is 0 Å². The molecule has 2 N–H and O–H groups in total. The van der Waals surface area contributed by atoms with E-state index in [2.05, 4.69) is 30.8 Å². The van der Waals surface area contributed by atoms with Crippen molar-refractivity contribution in [1.82, 2.24) is 15.0 Å². The van der Waals surface area contributed by atoms with Crippen LogP contribution in [-0.2, 0) is 6.54 Å². The fourth-order valence-corrected chi connectivity index (χ4v) is 2.33. The Bertz CT molecular complexity index is 912. The quantitative estimate of drug-likeness (QED) is 0.461. The van der Waals surface area contributed by atoms with Gasteiger partial charge in [0.25, 0.3) is 0 Å². The highest BCUT2D eigenvalue weighted by Gasteiger charge is 2.07. The average molecular weight is 377 g/mol. The van der Waals surface area contributed by atoms with Crippen LogP contribution in [0.25, 0.3) is 0 Å². The molecule has 0 aliphatic carbocycles. The summed E-state index contributed by atoms with van der Waals surface area (Å²) in [6.45, 7) is 0.617. The lowest BCUT2D eigenvalue weighted by atomic mass is 10.2. The molecule has 0 bridgehead atoms. The Morgan fingerprint density at radius 2 is 1.68 bits per heavy atom. The zero-order valence-corrected chi connectivity index (χ0v) is 16.1. The molecule has 1 heterocycles. The van der Waals surface area contributed by atoms with Crippen LogP contribution < -0.4 is 20.4 Å². The van der Waals surface area contributed by atoms with E-state index in [9.17, 15) is 0 Å². The Morgan fingerprint density at radius 1 is 0.964 bits per heavy atom. The van der Waals surface area contributed by atoms with Crippen LogP contribution in [0.4, 0.5) is 17.8 Å². The van der Waals surface area contributed by atoms with Crippen molar-refractivity contribution < 1.29 is 4.74 Å². The third-order valence-corrected chi connectivity index (χ3v) is 3.81. The van der Waals surface area contributed by atoms with Crippen molar-refractivity contribution in [3.63, 3.8) is 0 Å². The molecule has 0 aliphatic heterocycles. The Morgan fingerprint density at radius 3 is 2.36 bits per heavy atom. The van der Waals surface area contributed by atoms with Crippen LogP contribution in [0, 0.1) is 0 Å². The maximum Gasteiger partial charge on any atom is 0.250 e. The van der Waals surface area contributed by atoms with Gasteiger partial charge in [0.15, 0.2) is 0 Å². The van der Waals surface area contributed by atoms with Gasteiger partial charge in [-0.05, 0) is 35.4 Å². The molecule has 3 rings (SSSR count). The van der Waals surface area contributed by atoms with Gasteiger partial charge in [-0.15, -0.1) is 0 Å². The minimum absolute atomic E-state index is 0.360. The number of rotatable bonds is 8. The molecule has 0 atom stereocenters. The van der Waals surface area contributed by atoms with Gasteiger partial charge < -0.3 is 15.0 Å². The van der Waals surface area contributed by atoms with Gasteiger partial charge in [0.1, 0.15) is 5.75 Å². The standard InChI is InChI=1S/C20H23N7O/c1-27(2)20-24-18(21-13-15-7-5-4-6-8-15)23-19(25-20)26-22-14-16-9-11-17(28-3)12-10-16/h4-12,14H,13H2,1-3H3,(H2,21,23,24,25,26)/b22-14+. The molecule has 8 heteroatoms.